The fourth-order valence-corrected chi connectivity index (χ4v) is 3.57. The van der Waals surface area contributed by atoms with Crippen molar-refractivity contribution >= 4 is 5.69 Å². The van der Waals surface area contributed by atoms with Crippen LogP contribution in [0.4, 0.5) is 5.69 Å². The SMILES string of the molecule is N#Cc1ccc(NC2CCOC3(CCCCC3)C2)cc1. The lowest BCUT2D eigenvalue weighted by Crippen LogP contribution is -2.45. The predicted octanol–water partition coefficient (Wildman–Crippen LogP) is 3.85. The standard InChI is InChI=1S/C17H22N2O/c18-13-14-4-6-15(7-5-14)19-16-8-11-20-17(12-16)9-2-1-3-10-17/h4-7,16,19H,1-3,8-12H2. The molecule has 0 amide bonds. The van der Waals surface area contributed by atoms with Crippen LogP contribution < -0.4 is 5.32 Å². The first kappa shape index (κ1) is 13.5. The van der Waals surface area contributed by atoms with Gasteiger partial charge in [-0.2, -0.15) is 5.26 Å². The zero-order chi connectivity index (χ0) is 13.8. The van der Waals surface area contributed by atoms with E-state index in [1.54, 1.807) is 0 Å². The quantitative estimate of drug-likeness (QED) is 0.887. The van der Waals surface area contributed by atoms with Gasteiger partial charge in [0.1, 0.15) is 0 Å². The smallest absolute Gasteiger partial charge is 0.0991 e. The van der Waals surface area contributed by atoms with Crippen LogP contribution in [0.15, 0.2) is 24.3 Å². The summed E-state index contributed by atoms with van der Waals surface area (Å²) in [6.45, 7) is 0.869. The number of ether oxygens (including phenoxy) is 1. The maximum Gasteiger partial charge on any atom is 0.0991 e. The van der Waals surface area contributed by atoms with E-state index in [1.165, 1.54) is 32.1 Å². The summed E-state index contributed by atoms with van der Waals surface area (Å²) in [5, 5.41) is 12.4. The van der Waals surface area contributed by atoms with Crippen LogP contribution in [0.5, 0.6) is 0 Å². The molecular weight excluding hydrogens is 248 g/mol. The van der Waals surface area contributed by atoms with Gasteiger partial charge in [0.2, 0.25) is 0 Å². The molecule has 1 spiro atoms. The van der Waals surface area contributed by atoms with Gasteiger partial charge in [-0.15, -0.1) is 0 Å². The van der Waals surface area contributed by atoms with Crippen LogP contribution in [0, 0.1) is 11.3 Å². The molecule has 0 aromatic heterocycles. The highest BCUT2D eigenvalue weighted by atomic mass is 16.5. The zero-order valence-corrected chi connectivity index (χ0v) is 11.9. The van der Waals surface area contributed by atoms with Gasteiger partial charge in [0.25, 0.3) is 0 Å². The first-order chi connectivity index (χ1) is 9.80. The number of hydrogen-bond donors (Lipinski definition) is 1. The molecule has 1 N–H and O–H groups in total. The third-order valence-electron chi connectivity index (χ3n) is 4.64. The van der Waals surface area contributed by atoms with Crippen LogP contribution >= 0.6 is 0 Å². The van der Waals surface area contributed by atoms with Crippen LogP contribution in [-0.2, 0) is 4.74 Å². The second kappa shape index (κ2) is 5.85. The topological polar surface area (TPSA) is 45.0 Å². The van der Waals surface area contributed by atoms with E-state index in [-0.39, 0.29) is 5.60 Å². The number of anilines is 1. The van der Waals surface area contributed by atoms with E-state index in [2.05, 4.69) is 11.4 Å². The Balaban J connectivity index is 1.63. The predicted molar refractivity (Wildman–Crippen MR) is 79.6 cm³/mol. The van der Waals surface area contributed by atoms with Crippen LogP contribution in [-0.4, -0.2) is 18.2 Å². The lowest BCUT2D eigenvalue weighted by atomic mass is 9.78. The van der Waals surface area contributed by atoms with E-state index in [9.17, 15) is 0 Å². The molecule has 20 heavy (non-hydrogen) atoms. The Labute approximate surface area is 120 Å². The van der Waals surface area contributed by atoms with Gasteiger partial charge in [0.05, 0.1) is 17.2 Å². The van der Waals surface area contributed by atoms with Crippen molar-refractivity contribution in [2.75, 3.05) is 11.9 Å². The van der Waals surface area contributed by atoms with E-state index in [0.717, 1.165) is 25.1 Å². The van der Waals surface area contributed by atoms with Gasteiger partial charge in [-0.1, -0.05) is 19.3 Å². The Hall–Kier alpha value is -1.53. The normalized spacial score (nSPS) is 25.1. The summed E-state index contributed by atoms with van der Waals surface area (Å²) in [6.07, 6.45) is 8.61. The number of benzene rings is 1. The van der Waals surface area contributed by atoms with Crippen molar-refractivity contribution in [2.24, 2.45) is 0 Å². The Bertz CT molecular complexity index is 477. The van der Waals surface area contributed by atoms with Crippen molar-refractivity contribution in [1.29, 1.82) is 5.26 Å². The summed E-state index contributed by atoms with van der Waals surface area (Å²) in [7, 11) is 0. The molecular formula is C17H22N2O. The molecule has 1 saturated heterocycles. The van der Waals surface area contributed by atoms with Crippen molar-refractivity contribution in [3.05, 3.63) is 29.8 Å². The average molecular weight is 270 g/mol. The highest BCUT2D eigenvalue weighted by Gasteiger charge is 2.38. The molecule has 0 bridgehead atoms. The van der Waals surface area contributed by atoms with E-state index in [0.29, 0.717) is 11.6 Å². The van der Waals surface area contributed by atoms with Crippen molar-refractivity contribution in [1.82, 2.24) is 0 Å². The first-order valence-corrected chi connectivity index (χ1v) is 7.70. The highest BCUT2D eigenvalue weighted by Crippen LogP contribution is 2.39. The lowest BCUT2D eigenvalue weighted by molar-refractivity contribution is -0.103. The van der Waals surface area contributed by atoms with Gasteiger partial charge in [-0.05, 0) is 49.9 Å². The van der Waals surface area contributed by atoms with Crippen LogP contribution in [0.2, 0.25) is 0 Å². The Morgan fingerprint density at radius 1 is 1.15 bits per heavy atom. The van der Waals surface area contributed by atoms with Gasteiger partial charge in [0, 0.05) is 18.3 Å². The molecule has 106 valence electrons. The van der Waals surface area contributed by atoms with Crippen molar-refractivity contribution in [3.8, 4) is 6.07 Å². The fourth-order valence-electron chi connectivity index (χ4n) is 3.57. The molecule has 2 fully saturated rings. The minimum absolute atomic E-state index is 0.140. The number of nitriles is 1. The second-order valence-corrected chi connectivity index (χ2v) is 6.12. The molecule has 0 radical (unpaired) electrons. The lowest BCUT2D eigenvalue weighted by Gasteiger charge is -2.44. The Morgan fingerprint density at radius 2 is 1.90 bits per heavy atom. The van der Waals surface area contributed by atoms with E-state index in [1.807, 2.05) is 24.3 Å². The molecule has 1 heterocycles. The molecule has 1 aromatic rings. The van der Waals surface area contributed by atoms with Gasteiger partial charge in [0.15, 0.2) is 0 Å². The van der Waals surface area contributed by atoms with Gasteiger partial charge >= 0.3 is 0 Å². The van der Waals surface area contributed by atoms with Gasteiger partial charge in [-0.3, -0.25) is 0 Å². The number of hydrogen-bond acceptors (Lipinski definition) is 3. The summed E-state index contributed by atoms with van der Waals surface area (Å²) >= 11 is 0. The van der Waals surface area contributed by atoms with Crippen LogP contribution in [0.25, 0.3) is 0 Å². The average Bonchev–Trinajstić information content (AvgIpc) is 2.49. The van der Waals surface area contributed by atoms with E-state index in [4.69, 9.17) is 10.00 Å². The van der Waals surface area contributed by atoms with Crippen molar-refractivity contribution in [2.45, 2.75) is 56.6 Å². The van der Waals surface area contributed by atoms with Gasteiger partial charge in [-0.25, -0.2) is 0 Å². The molecule has 1 aromatic carbocycles. The summed E-state index contributed by atoms with van der Waals surface area (Å²) in [5.41, 5.74) is 1.97. The Morgan fingerprint density at radius 3 is 2.60 bits per heavy atom. The largest absolute Gasteiger partial charge is 0.382 e. The molecule has 3 nitrogen and oxygen atoms in total. The summed E-state index contributed by atoms with van der Waals surface area (Å²) < 4.78 is 6.13. The summed E-state index contributed by atoms with van der Waals surface area (Å²) in [5.74, 6) is 0. The fraction of sp³-hybridized carbons (Fsp3) is 0.588. The summed E-state index contributed by atoms with van der Waals surface area (Å²) in [6, 6.07) is 10.4. The summed E-state index contributed by atoms with van der Waals surface area (Å²) in [4.78, 5) is 0. The van der Waals surface area contributed by atoms with Crippen LogP contribution in [0.1, 0.15) is 50.5 Å². The molecule has 3 rings (SSSR count). The molecule has 1 atom stereocenters. The molecule has 1 aliphatic heterocycles. The van der Waals surface area contributed by atoms with Crippen LogP contribution in [0.3, 0.4) is 0 Å². The Kier molecular flexibility index (Phi) is 3.93. The minimum Gasteiger partial charge on any atom is -0.382 e. The third-order valence-corrected chi connectivity index (χ3v) is 4.64. The van der Waals surface area contributed by atoms with Crippen molar-refractivity contribution in [3.63, 3.8) is 0 Å². The number of rotatable bonds is 2. The number of nitrogens with zero attached hydrogens (tertiary/aromatic N) is 1. The molecule has 3 heteroatoms. The zero-order valence-electron chi connectivity index (χ0n) is 11.9. The third kappa shape index (κ3) is 2.96. The maximum atomic E-state index is 8.83. The maximum absolute atomic E-state index is 8.83. The van der Waals surface area contributed by atoms with Crippen molar-refractivity contribution < 1.29 is 4.74 Å². The first-order valence-electron chi connectivity index (χ1n) is 7.70. The second-order valence-electron chi connectivity index (χ2n) is 6.12. The molecule has 2 aliphatic rings. The molecule has 1 unspecified atom stereocenters. The minimum atomic E-state index is 0.140. The van der Waals surface area contributed by atoms with Gasteiger partial charge < -0.3 is 10.1 Å². The monoisotopic (exact) mass is 270 g/mol. The molecule has 1 aliphatic carbocycles. The number of nitrogens with one attached hydrogen (secondary N) is 1. The van der Waals surface area contributed by atoms with E-state index < -0.39 is 0 Å². The van der Waals surface area contributed by atoms with E-state index >= 15 is 0 Å². The highest BCUT2D eigenvalue weighted by molar-refractivity contribution is 5.47. The molecule has 1 saturated carbocycles.